The number of hydrogen-bond donors (Lipinski definition) is 2. The number of rotatable bonds is 6. The van der Waals surface area contributed by atoms with Crippen molar-refractivity contribution in [1.82, 2.24) is 24.3 Å². The van der Waals surface area contributed by atoms with E-state index >= 15 is 0 Å². The summed E-state index contributed by atoms with van der Waals surface area (Å²) >= 11 is 6.16. The predicted octanol–water partition coefficient (Wildman–Crippen LogP) is 0.0687. The van der Waals surface area contributed by atoms with Gasteiger partial charge in [0.15, 0.2) is 6.17 Å². The summed E-state index contributed by atoms with van der Waals surface area (Å²) in [5.41, 5.74) is 5.72. The molecule has 10 nitrogen and oxygen atoms in total. The number of aromatic nitrogens is 2. The number of aryl methyl sites for hydroxylation is 2. The molecule has 3 rings (SSSR count). The van der Waals surface area contributed by atoms with Gasteiger partial charge in [0.1, 0.15) is 15.9 Å². The van der Waals surface area contributed by atoms with Gasteiger partial charge in [-0.1, -0.05) is 11.6 Å². The van der Waals surface area contributed by atoms with Crippen LogP contribution in [0, 0.1) is 12.7 Å². The molecule has 1 aliphatic heterocycles. The van der Waals surface area contributed by atoms with Gasteiger partial charge in [-0.2, -0.15) is 9.40 Å². The van der Waals surface area contributed by atoms with Crippen molar-refractivity contribution in [3.8, 4) is 0 Å². The van der Waals surface area contributed by atoms with Crippen molar-refractivity contribution in [2.45, 2.75) is 18.0 Å². The van der Waals surface area contributed by atoms with E-state index < -0.39 is 33.8 Å². The Morgan fingerprint density at radius 1 is 1.29 bits per heavy atom. The minimum atomic E-state index is -4.28. The lowest BCUT2D eigenvalue weighted by atomic mass is 10.2. The molecule has 1 aromatic heterocycles. The van der Waals surface area contributed by atoms with Gasteiger partial charge >= 0.3 is 0 Å². The van der Waals surface area contributed by atoms with E-state index in [9.17, 15) is 22.4 Å². The Morgan fingerprint density at radius 3 is 2.48 bits per heavy atom. The highest BCUT2D eigenvalue weighted by Crippen LogP contribution is 2.31. The minimum absolute atomic E-state index is 0.0485. The molecule has 2 heterocycles. The lowest BCUT2D eigenvalue weighted by Gasteiger charge is -2.28. The molecule has 2 amide bonds. The van der Waals surface area contributed by atoms with Crippen molar-refractivity contribution in [3.63, 3.8) is 0 Å². The zero-order chi connectivity index (χ0) is 22.9. The van der Waals surface area contributed by atoms with Crippen LogP contribution in [0.4, 0.5) is 4.39 Å². The van der Waals surface area contributed by atoms with Crippen LogP contribution in [0.5, 0.6) is 0 Å². The Bertz CT molecular complexity index is 1100. The summed E-state index contributed by atoms with van der Waals surface area (Å²) in [6.45, 7) is 1.52. The lowest BCUT2D eigenvalue weighted by Crippen LogP contribution is -2.54. The molecule has 31 heavy (non-hydrogen) atoms. The molecule has 3 N–H and O–H groups in total. The van der Waals surface area contributed by atoms with Crippen LogP contribution in [0.2, 0.25) is 5.15 Å². The number of amides is 2. The molecule has 168 valence electrons. The first-order chi connectivity index (χ1) is 14.6. The molecule has 0 radical (unpaired) electrons. The van der Waals surface area contributed by atoms with Crippen LogP contribution in [0.25, 0.3) is 0 Å². The standard InChI is InChI=1S/C18H22ClFN6O4S/c1-11-14(15(19)24(2)23-11)31(29,30)26-10-9-25(17(26)16(27)22-8-7-21)18(28)12-3-5-13(20)6-4-12/h3-6,17H,7-10,21H2,1-2H3,(H,22,27). The van der Waals surface area contributed by atoms with E-state index in [0.29, 0.717) is 0 Å². The summed E-state index contributed by atoms with van der Waals surface area (Å²) in [6.07, 6.45) is -1.47. The Hall–Kier alpha value is -2.54. The monoisotopic (exact) mass is 472 g/mol. The number of nitrogens with two attached hydrogens (primary N) is 1. The first-order valence-electron chi connectivity index (χ1n) is 9.34. The van der Waals surface area contributed by atoms with Crippen molar-refractivity contribution in [2.75, 3.05) is 26.2 Å². The average molecular weight is 473 g/mol. The van der Waals surface area contributed by atoms with E-state index in [2.05, 4.69) is 10.4 Å². The molecular weight excluding hydrogens is 451 g/mol. The van der Waals surface area contributed by atoms with Crippen molar-refractivity contribution in [3.05, 3.63) is 46.5 Å². The van der Waals surface area contributed by atoms with Crippen LogP contribution >= 0.6 is 11.6 Å². The maximum atomic E-state index is 13.4. The normalized spacial score (nSPS) is 17.2. The Morgan fingerprint density at radius 2 is 1.94 bits per heavy atom. The summed E-state index contributed by atoms with van der Waals surface area (Å²) in [6, 6.07) is 4.76. The predicted molar refractivity (Wildman–Crippen MR) is 110 cm³/mol. The van der Waals surface area contributed by atoms with Crippen LogP contribution in [0.1, 0.15) is 16.1 Å². The van der Waals surface area contributed by atoms with Crippen LogP contribution in [-0.4, -0.2) is 71.6 Å². The number of halogens is 2. The molecule has 13 heteroatoms. The number of benzene rings is 1. The number of hydrogen-bond acceptors (Lipinski definition) is 6. The second-order valence-electron chi connectivity index (χ2n) is 6.90. The maximum Gasteiger partial charge on any atom is 0.259 e. The van der Waals surface area contributed by atoms with Gasteiger partial charge in [-0.25, -0.2) is 12.8 Å². The van der Waals surface area contributed by atoms with Crippen molar-refractivity contribution in [2.24, 2.45) is 12.8 Å². The van der Waals surface area contributed by atoms with Crippen LogP contribution in [0.3, 0.4) is 0 Å². The van der Waals surface area contributed by atoms with Gasteiger partial charge in [0.25, 0.3) is 11.8 Å². The second-order valence-corrected chi connectivity index (χ2v) is 9.09. The molecule has 2 aromatic rings. The van der Waals surface area contributed by atoms with Gasteiger partial charge in [0.05, 0.1) is 5.69 Å². The molecule has 1 atom stereocenters. The molecular formula is C18H22ClFN6O4S. The van der Waals surface area contributed by atoms with Gasteiger partial charge in [0, 0.05) is 38.8 Å². The molecule has 1 saturated heterocycles. The zero-order valence-corrected chi connectivity index (χ0v) is 18.5. The summed E-state index contributed by atoms with van der Waals surface area (Å²) in [5.74, 6) is -1.85. The Balaban J connectivity index is 2.02. The largest absolute Gasteiger partial charge is 0.352 e. The van der Waals surface area contributed by atoms with Crippen molar-refractivity contribution in [1.29, 1.82) is 0 Å². The number of nitrogens with one attached hydrogen (secondary N) is 1. The summed E-state index contributed by atoms with van der Waals surface area (Å²) in [4.78, 5) is 26.8. The third-order valence-electron chi connectivity index (χ3n) is 4.83. The molecule has 0 saturated carbocycles. The molecule has 1 aromatic carbocycles. The second kappa shape index (κ2) is 8.91. The average Bonchev–Trinajstić information content (AvgIpc) is 3.28. The van der Waals surface area contributed by atoms with Gasteiger partial charge in [-0.05, 0) is 31.2 Å². The topological polar surface area (TPSA) is 131 Å². The third kappa shape index (κ3) is 4.28. The van der Waals surface area contributed by atoms with Crippen LogP contribution in [0.15, 0.2) is 29.2 Å². The first kappa shape index (κ1) is 23.1. The van der Waals surface area contributed by atoms with E-state index in [-0.39, 0.29) is 47.5 Å². The zero-order valence-electron chi connectivity index (χ0n) is 16.9. The smallest absolute Gasteiger partial charge is 0.259 e. The van der Waals surface area contributed by atoms with E-state index in [1.54, 1.807) is 0 Å². The van der Waals surface area contributed by atoms with Crippen molar-refractivity contribution >= 4 is 33.4 Å². The summed E-state index contributed by atoms with van der Waals surface area (Å²) in [5, 5.41) is 6.44. The van der Waals surface area contributed by atoms with Crippen LogP contribution < -0.4 is 11.1 Å². The first-order valence-corrected chi connectivity index (χ1v) is 11.2. The maximum absolute atomic E-state index is 13.4. The SMILES string of the molecule is Cc1nn(C)c(Cl)c1S(=O)(=O)N1CCN(C(=O)c2ccc(F)cc2)C1C(=O)NCCN. The molecule has 0 aliphatic carbocycles. The highest BCUT2D eigenvalue weighted by molar-refractivity contribution is 7.89. The Kier molecular flexibility index (Phi) is 6.65. The fourth-order valence-electron chi connectivity index (χ4n) is 3.41. The lowest BCUT2D eigenvalue weighted by molar-refractivity contribution is -0.127. The fourth-order valence-corrected chi connectivity index (χ4v) is 5.66. The molecule has 0 bridgehead atoms. The highest BCUT2D eigenvalue weighted by Gasteiger charge is 2.48. The van der Waals surface area contributed by atoms with Crippen LogP contribution in [-0.2, 0) is 21.9 Å². The van der Waals surface area contributed by atoms with Gasteiger partial charge < -0.3 is 16.0 Å². The minimum Gasteiger partial charge on any atom is -0.352 e. The summed E-state index contributed by atoms with van der Waals surface area (Å²) < 4.78 is 42.2. The molecule has 1 fully saturated rings. The van der Waals surface area contributed by atoms with E-state index in [4.69, 9.17) is 17.3 Å². The number of carbonyl (C=O) groups excluding carboxylic acids is 2. The quantitative estimate of drug-likeness (QED) is 0.611. The van der Waals surface area contributed by atoms with E-state index in [1.807, 2.05) is 0 Å². The number of nitrogens with zero attached hydrogens (tertiary/aromatic N) is 4. The number of carbonyl (C=O) groups is 2. The van der Waals surface area contributed by atoms with E-state index in [0.717, 1.165) is 21.3 Å². The summed E-state index contributed by atoms with van der Waals surface area (Å²) in [7, 11) is -2.79. The van der Waals surface area contributed by atoms with Gasteiger partial charge in [-0.3, -0.25) is 14.3 Å². The number of sulfonamides is 1. The Labute approximate surface area is 183 Å². The molecule has 0 spiro atoms. The van der Waals surface area contributed by atoms with Gasteiger partial charge in [0.2, 0.25) is 10.0 Å². The third-order valence-corrected chi connectivity index (χ3v) is 7.38. The fraction of sp³-hybridized carbons (Fsp3) is 0.389. The molecule has 1 aliphatic rings. The highest BCUT2D eigenvalue weighted by atomic mass is 35.5. The van der Waals surface area contributed by atoms with Crippen molar-refractivity contribution < 1.29 is 22.4 Å². The van der Waals surface area contributed by atoms with Gasteiger partial charge in [-0.15, -0.1) is 0 Å². The molecule has 1 unspecified atom stereocenters. The van der Waals surface area contributed by atoms with E-state index in [1.165, 1.54) is 30.8 Å².